The van der Waals surface area contributed by atoms with E-state index in [9.17, 15) is 0 Å². The van der Waals surface area contributed by atoms with Crippen LogP contribution in [0.5, 0.6) is 0 Å². The first-order valence-corrected chi connectivity index (χ1v) is 5.51. The predicted molar refractivity (Wildman–Crippen MR) is 65.8 cm³/mol. The van der Waals surface area contributed by atoms with Crippen molar-refractivity contribution in [1.82, 2.24) is 15.0 Å². The van der Waals surface area contributed by atoms with Crippen LogP contribution in [-0.2, 0) is 0 Å². The van der Waals surface area contributed by atoms with Crippen molar-refractivity contribution in [3.8, 4) is 17.3 Å². The van der Waals surface area contributed by atoms with Crippen molar-refractivity contribution in [3.63, 3.8) is 0 Å². The summed E-state index contributed by atoms with van der Waals surface area (Å²) in [5, 5.41) is 9.04. The van der Waals surface area contributed by atoms with E-state index in [-0.39, 0.29) is 0 Å². The molecule has 0 radical (unpaired) electrons. The van der Waals surface area contributed by atoms with Gasteiger partial charge in [-0.05, 0) is 25.1 Å². The fourth-order valence-corrected chi connectivity index (χ4v) is 1.98. The number of fused-ring (bicyclic) bond motifs is 1. The van der Waals surface area contributed by atoms with Crippen LogP contribution in [0.1, 0.15) is 17.4 Å². The number of benzene rings is 1. The molecule has 0 aliphatic rings. The van der Waals surface area contributed by atoms with Gasteiger partial charge in [0, 0.05) is 12.5 Å². The minimum atomic E-state index is 0.395. The Bertz CT molecular complexity index is 776. The van der Waals surface area contributed by atoms with Gasteiger partial charge in [-0.2, -0.15) is 5.26 Å². The number of H-pyrrole nitrogens is 1. The van der Waals surface area contributed by atoms with E-state index in [1.807, 2.05) is 25.1 Å². The minimum Gasteiger partial charge on any atom is -0.441 e. The van der Waals surface area contributed by atoms with Crippen molar-refractivity contribution in [3.05, 3.63) is 35.6 Å². The Morgan fingerprint density at radius 1 is 1.28 bits per heavy atom. The third-order valence-electron chi connectivity index (χ3n) is 2.71. The van der Waals surface area contributed by atoms with E-state index in [0.29, 0.717) is 11.6 Å². The lowest BCUT2D eigenvalue weighted by Crippen LogP contribution is -1.82. The van der Waals surface area contributed by atoms with Gasteiger partial charge in [0.1, 0.15) is 17.4 Å². The molecule has 2 heterocycles. The van der Waals surface area contributed by atoms with Crippen molar-refractivity contribution in [2.45, 2.75) is 13.8 Å². The number of imidazole rings is 1. The van der Waals surface area contributed by atoms with E-state index >= 15 is 0 Å². The van der Waals surface area contributed by atoms with Gasteiger partial charge >= 0.3 is 0 Å². The highest BCUT2D eigenvalue weighted by Crippen LogP contribution is 2.25. The quantitative estimate of drug-likeness (QED) is 0.706. The second kappa shape index (κ2) is 3.70. The van der Waals surface area contributed by atoms with Crippen molar-refractivity contribution < 1.29 is 4.42 Å². The molecule has 1 aromatic carbocycles. The minimum absolute atomic E-state index is 0.395. The smallest absolute Gasteiger partial charge is 0.192 e. The lowest BCUT2D eigenvalue weighted by atomic mass is 10.1. The van der Waals surface area contributed by atoms with Crippen LogP contribution in [-0.4, -0.2) is 15.0 Å². The molecule has 1 N–H and O–H groups in total. The van der Waals surface area contributed by atoms with Crippen LogP contribution in [0.25, 0.3) is 22.4 Å². The fraction of sp³-hybridized carbons (Fsp3) is 0.154. The number of nitrogens with one attached hydrogen (secondary N) is 1. The van der Waals surface area contributed by atoms with E-state index in [4.69, 9.17) is 9.68 Å². The molecule has 0 aliphatic heterocycles. The maximum absolute atomic E-state index is 9.04. The Morgan fingerprint density at radius 3 is 2.89 bits per heavy atom. The van der Waals surface area contributed by atoms with Gasteiger partial charge in [-0.3, -0.25) is 0 Å². The van der Waals surface area contributed by atoms with Gasteiger partial charge in [-0.15, -0.1) is 0 Å². The number of aromatic amines is 1. The van der Waals surface area contributed by atoms with Crippen LogP contribution in [0.4, 0.5) is 0 Å². The summed E-state index contributed by atoms with van der Waals surface area (Å²) in [5.74, 6) is 1.35. The maximum Gasteiger partial charge on any atom is 0.192 e. The van der Waals surface area contributed by atoms with Gasteiger partial charge in [-0.1, -0.05) is 0 Å². The molecule has 0 fully saturated rings. The SMILES string of the molecule is Cc1nc(C#N)c(-c2ccc3oc(C)nc3c2)[nH]1. The number of rotatable bonds is 1. The molecule has 0 bridgehead atoms. The Hall–Kier alpha value is -2.61. The lowest BCUT2D eigenvalue weighted by Gasteiger charge is -1.97. The van der Waals surface area contributed by atoms with Gasteiger partial charge in [0.2, 0.25) is 0 Å². The predicted octanol–water partition coefficient (Wildman–Crippen LogP) is 2.71. The molecule has 0 spiro atoms. The van der Waals surface area contributed by atoms with Crippen molar-refractivity contribution >= 4 is 11.1 Å². The summed E-state index contributed by atoms with van der Waals surface area (Å²) in [4.78, 5) is 11.5. The molecular weight excluding hydrogens is 228 g/mol. The van der Waals surface area contributed by atoms with E-state index in [2.05, 4.69) is 21.0 Å². The summed E-state index contributed by atoms with van der Waals surface area (Å²) in [6, 6.07) is 7.71. The molecule has 2 aromatic heterocycles. The normalized spacial score (nSPS) is 10.7. The molecule has 0 saturated heterocycles. The summed E-state index contributed by atoms with van der Waals surface area (Å²) < 4.78 is 5.42. The number of aryl methyl sites for hydroxylation is 2. The van der Waals surface area contributed by atoms with E-state index in [1.54, 1.807) is 6.92 Å². The summed E-state index contributed by atoms with van der Waals surface area (Å²) in [6.07, 6.45) is 0. The monoisotopic (exact) mass is 238 g/mol. The molecule has 0 saturated carbocycles. The lowest BCUT2D eigenvalue weighted by molar-refractivity contribution is 0.561. The zero-order valence-corrected chi connectivity index (χ0v) is 9.98. The van der Waals surface area contributed by atoms with E-state index < -0.39 is 0 Å². The standard InChI is InChI=1S/C13H10N4O/c1-7-15-11(6-14)13(16-7)9-3-4-12-10(5-9)17-8(2)18-12/h3-5H,1-2H3,(H,15,16). The highest BCUT2D eigenvalue weighted by Gasteiger charge is 2.11. The Kier molecular flexibility index (Phi) is 2.17. The van der Waals surface area contributed by atoms with Gasteiger partial charge in [0.05, 0.1) is 5.69 Å². The Balaban J connectivity index is 2.22. The first-order valence-electron chi connectivity index (χ1n) is 5.51. The molecule has 5 nitrogen and oxygen atoms in total. The number of oxazole rings is 1. The highest BCUT2D eigenvalue weighted by atomic mass is 16.3. The van der Waals surface area contributed by atoms with Crippen molar-refractivity contribution in [2.75, 3.05) is 0 Å². The van der Waals surface area contributed by atoms with Crippen molar-refractivity contribution in [1.29, 1.82) is 5.26 Å². The first-order chi connectivity index (χ1) is 8.67. The number of nitrogens with zero attached hydrogens (tertiary/aromatic N) is 3. The zero-order valence-electron chi connectivity index (χ0n) is 9.98. The summed E-state index contributed by atoms with van der Waals surface area (Å²) in [6.45, 7) is 3.63. The molecule has 0 unspecified atom stereocenters. The first kappa shape index (κ1) is 10.5. The molecule has 0 atom stereocenters. The van der Waals surface area contributed by atoms with Gasteiger partial charge < -0.3 is 9.40 Å². The van der Waals surface area contributed by atoms with E-state index in [0.717, 1.165) is 28.2 Å². The van der Waals surface area contributed by atoms with Crippen LogP contribution < -0.4 is 0 Å². The average Bonchev–Trinajstić information content (AvgIpc) is 2.89. The van der Waals surface area contributed by atoms with Crippen molar-refractivity contribution in [2.24, 2.45) is 0 Å². The summed E-state index contributed by atoms with van der Waals surface area (Å²) in [5.41, 5.74) is 3.52. The maximum atomic E-state index is 9.04. The number of hydrogen-bond donors (Lipinski definition) is 1. The van der Waals surface area contributed by atoms with Gasteiger partial charge in [0.25, 0.3) is 0 Å². The average molecular weight is 238 g/mol. The zero-order chi connectivity index (χ0) is 12.7. The van der Waals surface area contributed by atoms with Gasteiger partial charge in [0.15, 0.2) is 17.2 Å². The van der Waals surface area contributed by atoms with Crippen LogP contribution in [0.3, 0.4) is 0 Å². The van der Waals surface area contributed by atoms with Crippen LogP contribution in [0.2, 0.25) is 0 Å². The molecule has 5 heteroatoms. The van der Waals surface area contributed by atoms with Gasteiger partial charge in [-0.25, -0.2) is 9.97 Å². The molecular formula is C13H10N4O. The summed E-state index contributed by atoms with van der Waals surface area (Å²) in [7, 11) is 0. The third-order valence-corrected chi connectivity index (χ3v) is 2.71. The summed E-state index contributed by atoms with van der Waals surface area (Å²) >= 11 is 0. The van der Waals surface area contributed by atoms with Crippen LogP contribution in [0.15, 0.2) is 22.6 Å². The molecule has 18 heavy (non-hydrogen) atoms. The third kappa shape index (κ3) is 1.55. The molecule has 3 rings (SSSR count). The van der Waals surface area contributed by atoms with Crippen LogP contribution >= 0.6 is 0 Å². The topological polar surface area (TPSA) is 78.5 Å². The largest absolute Gasteiger partial charge is 0.441 e. The van der Waals surface area contributed by atoms with Crippen LogP contribution in [0, 0.1) is 25.2 Å². The number of aromatic nitrogens is 3. The molecule has 88 valence electrons. The molecule has 3 aromatic rings. The Morgan fingerprint density at radius 2 is 2.11 bits per heavy atom. The molecule has 0 aliphatic carbocycles. The second-order valence-electron chi connectivity index (χ2n) is 4.07. The molecule has 0 amide bonds. The number of nitriles is 1. The fourth-order valence-electron chi connectivity index (χ4n) is 1.98. The second-order valence-corrected chi connectivity index (χ2v) is 4.07. The Labute approximate surface area is 103 Å². The number of hydrogen-bond acceptors (Lipinski definition) is 4. The van der Waals surface area contributed by atoms with E-state index in [1.165, 1.54) is 0 Å². The highest BCUT2D eigenvalue weighted by molar-refractivity contribution is 5.80.